The average Bonchev–Trinajstić information content (AvgIpc) is 2.49. The number of aliphatic hydroxyl groups excluding tert-OH is 1. The smallest absolute Gasteiger partial charge is 0.214 e. The van der Waals surface area contributed by atoms with Gasteiger partial charge in [-0.05, 0) is 43.0 Å². The van der Waals surface area contributed by atoms with Gasteiger partial charge in [-0.15, -0.1) is 11.8 Å². The fourth-order valence-electron chi connectivity index (χ4n) is 2.39. The minimum Gasteiger partial charge on any atom is -0.399 e. The van der Waals surface area contributed by atoms with Crippen LogP contribution >= 0.6 is 11.8 Å². The second-order valence-corrected chi connectivity index (χ2v) is 8.54. The van der Waals surface area contributed by atoms with Crippen molar-refractivity contribution in [1.82, 2.24) is 4.31 Å². The van der Waals surface area contributed by atoms with Crippen LogP contribution in [0, 0.1) is 5.92 Å². The molecule has 1 aromatic rings. The highest BCUT2D eigenvalue weighted by molar-refractivity contribution is 8.00. The number of hydrogen-bond acceptors (Lipinski definition) is 5. The molecule has 2 rings (SSSR count). The van der Waals surface area contributed by atoms with Crippen LogP contribution in [-0.2, 0) is 10.0 Å². The molecule has 0 spiro atoms. The lowest BCUT2D eigenvalue weighted by Crippen LogP contribution is -2.42. The summed E-state index contributed by atoms with van der Waals surface area (Å²) in [4.78, 5) is 1.02. The van der Waals surface area contributed by atoms with E-state index in [2.05, 4.69) is 0 Å². The maximum atomic E-state index is 12.3. The fourth-order valence-corrected chi connectivity index (χ4v) is 5.23. The number of sulfonamides is 1. The van der Waals surface area contributed by atoms with Crippen LogP contribution < -0.4 is 5.73 Å². The molecule has 1 fully saturated rings. The molecule has 7 heteroatoms. The van der Waals surface area contributed by atoms with Crippen LogP contribution in [0.25, 0.3) is 0 Å². The van der Waals surface area contributed by atoms with Gasteiger partial charge in [0, 0.05) is 36.0 Å². The first kappa shape index (κ1) is 16.6. The van der Waals surface area contributed by atoms with Gasteiger partial charge in [0.15, 0.2) is 0 Å². The van der Waals surface area contributed by atoms with E-state index < -0.39 is 10.0 Å². The second kappa shape index (κ2) is 7.49. The van der Waals surface area contributed by atoms with E-state index in [9.17, 15) is 13.5 Å². The Kier molecular flexibility index (Phi) is 5.92. The van der Waals surface area contributed by atoms with E-state index >= 15 is 0 Å². The first-order chi connectivity index (χ1) is 10.0. The van der Waals surface area contributed by atoms with Gasteiger partial charge in [0.05, 0.1) is 5.75 Å². The molecule has 0 radical (unpaired) electrons. The number of thioether (sulfide) groups is 1. The first-order valence-corrected chi connectivity index (χ1v) is 9.68. The number of benzene rings is 1. The van der Waals surface area contributed by atoms with Gasteiger partial charge in [-0.25, -0.2) is 12.7 Å². The predicted octanol–water partition coefficient (Wildman–Crippen LogP) is 1.39. The van der Waals surface area contributed by atoms with Crippen molar-refractivity contribution in [3.05, 3.63) is 24.3 Å². The number of nitrogen functional groups attached to an aromatic ring is 1. The van der Waals surface area contributed by atoms with Crippen molar-refractivity contribution >= 4 is 27.5 Å². The number of anilines is 1. The highest BCUT2D eigenvalue weighted by Crippen LogP contribution is 2.22. The van der Waals surface area contributed by atoms with E-state index in [1.807, 2.05) is 24.3 Å². The highest BCUT2D eigenvalue weighted by atomic mass is 32.2. The maximum Gasteiger partial charge on any atom is 0.214 e. The molecule has 1 aromatic carbocycles. The summed E-state index contributed by atoms with van der Waals surface area (Å²) in [6.45, 7) is 1.09. The number of rotatable bonds is 6. The summed E-state index contributed by atoms with van der Waals surface area (Å²) < 4.78 is 26.1. The Morgan fingerprint density at radius 2 is 2.05 bits per heavy atom. The van der Waals surface area contributed by atoms with Crippen LogP contribution in [-0.4, -0.2) is 49.0 Å². The van der Waals surface area contributed by atoms with E-state index in [1.165, 1.54) is 16.1 Å². The van der Waals surface area contributed by atoms with Gasteiger partial charge in [-0.2, -0.15) is 0 Å². The molecular formula is C14H22N2O3S2. The van der Waals surface area contributed by atoms with Crippen LogP contribution in [0.1, 0.15) is 12.8 Å². The third-order valence-electron chi connectivity index (χ3n) is 3.62. The van der Waals surface area contributed by atoms with Gasteiger partial charge < -0.3 is 10.8 Å². The fraction of sp³-hybridized carbons (Fsp3) is 0.571. The van der Waals surface area contributed by atoms with Gasteiger partial charge in [-0.3, -0.25) is 0 Å². The highest BCUT2D eigenvalue weighted by Gasteiger charge is 2.28. The molecule has 0 saturated carbocycles. The Balaban J connectivity index is 1.84. The summed E-state index contributed by atoms with van der Waals surface area (Å²) in [5.74, 6) is 0.727. The van der Waals surface area contributed by atoms with Crippen molar-refractivity contribution in [1.29, 1.82) is 0 Å². The largest absolute Gasteiger partial charge is 0.399 e. The zero-order valence-corrected chi connectivity index (χ0v) is 13.6. The zero-order valence-electron chi connectivity index (χ0n) is 11.9. The van der Waals surface area contributed by atoms with Gasteiger partial charge in [0.25, 0.3) is 0 Å². The lowest BCUT2D eigenvalue weighted by Gasteiger charge is -2.30. The van der Waals surface area contributed by atoms with E-state index in [0.717, 1.165) is 17.7 Å². The van der Waals surface area contributed by atoms with Gasteiger partial charge in [-0.1, -0.05) is 0 Å². The average molecular weight is 330 g/mol. The molecule has 1 atom stereocenters. The molecular weight excluding hydrogens is 308 g/mol. The zero-order chi connectivity index (χ0) is 15.3. The summed E-state index contributed by atoms with van der Waals surface area (Å²) in [6.07, 6.45) is 1.73. The number of nitrogens with zero attached hydrogens (tertiary/aromatic N) is 1. The van der Waals surface area contributed by atoms with Gasteiger partial charge >= 0.3 is 0 Å². The number of hydrogen-bond donors (Lipinski definition) is 2. The lowest BCUT2D eigenvalue weighted by atomic mass is 10.0. The molecule has 21 heavy (non-hydrogen) atoms. The Labute approximate surface area is 130 Å². The van der Waals surface area contributed by atoms with Crippen LogP contribution in [0.2, 0.25) is 0 Å². The Morgan fingerprint density at radius 1 is 1.33 bits per heavy atom. The van der Waals surface area contributed by atoms with Crippen LogP contribution in [0.3, 0.4) is 0 Å². The van der Waals surface area contributed by atoms with Gasteiger partial charge in [0.1, 0.15) is 0 Å². The summed E-state index contributed by atoms with van der Waals surface area (Å²) in [5.41, 5.74) is 6.32. The number of aliphatic hydroxyl groups is 1. The molecule has 0 aliphatic carbocycles. The monoisotopic (exact) mass is 330 g/mol. The van der Waals surface area contributed by atoms with E-state index in [0.29, 0.717) is 24.5 Å². The minimum atomic E-state index is -3.23. The van der Waals surface area contributed by atoms with E-state index in [4.69, 9.17) is 5.73 Å². The van der Waals surface area contributed by atoms with Crippen molar-refractivity contribution in [2.24, 2.45) is 5.92 Å². The minimum absolute atomic E-state index is 0.0617. The van der Waals surface area contributed by atoms with Crippen molar-refractivity contribution in [3.8, 4) is 0 Å². The molecule has 1 heterocycles. The molecule has 0 bridgehead atoms. The quantitative estimate of drug-likeness (QED) is 0.608. The third kappa shape index (κ3) is 4.88. The standard InChI is InChI=1S/C14H22N2O3S2/c15-13-3-5-14(6-4-13)20-8-9-21(18,19)16-7-1-2-12(10-16)11-17/h3-6,12,17H,1-2,7-11,15H2. The number of nitrogens with two attached hydrogens (primary N) is 1. The molecule has 1 saturated heterocycles. The number of piperidine rings is 1. The lowest BCUT2D eigenvalue weighted by molar-refractivity contribution is 0.165. The molecule has 0 aromatic heterocycles. The molecule has 3 N–H and O–H groups in total. The normalized spacial score (nSPS) is 20.5. The van der Waals surface area contributed by atoms with Crippen molar-refractivity contribution in [2.75, 3.05) is 36.9 Å². The predicted molar refractivity (Wildman–Crippen MR) is 86.7 cm³/mol. The van der Waals surface area contributed by atoms with Crippen LogP contribution in [0.15, 0.2) is 29.2 Å². The molecule has 118 valence electrons. The Hall–Kier alpha value is -0.760. The molecule has 0 amide bonds. The SMILES string of the molecule is Nc1ccc(SCCS(=O)(=O)N2CCCC(CO)C2)cc1. The maximum absolute atomic E-state index is 12.3. The van der Waals surface area contributed by atoms with Crippen molar-refractivity contribution in [2.45, 2.75) is 17.7 Å². The van der Waals surface area contributed by atoms with Crippen LogP contribution in [0.4, 0.5) is 5.69 Å². The molecule has 1 aliphatic heterocycles. The van der Waals surface area contributed by atoms with E-state index in [-0.39, 0.29) is 18.3 Å². The van der Waals surface area contributed by atoms with Crippen molar-refractivity contribution < 1.29 is 13.5 Å². The topological polar surface area (TPSA) is 83.6 Å². The van der Waals surface area contributed by atoms with Gasteiger partial charge in [0.2, 0.25) is 10.0 Å². The molecule has 1 aliphatic rings. The second-order valence-electron chi connectivity index (χ2n) is 5.28. The first-order valence-electron chi connectivity index (χ1n) is 7.08. The summed E-state index contributed by atoms with van der Waals surface area (Å²) in [7, 11) is -3.23. The molecule has 1 unspecified atom stereocenters. The third-order valence-corrected chi connectivity index (χ3v) is 6.73. The Morgan fingerprint density at radius 3 is 2.71 bits per heavy atom. The Bertz CT molecular complexity index is 546. The van der Waals surface area contributed by atoms with Crippen LogP contribution in [0.5, 0.6) is 0 Å². The van der Waals surface area contributed by atoms with Crippen molar-refractivity contribution in [3.63, 3.8) is 0 Å². The van der Waals surface area contributed by atoms with E-state index in [1.54, 1.807) is 0 Å². The molecule has 5 nitrogen and oxygen atoms in total. The summed E-state index contributed by atoms with van der Waals surface area (Å²) in [5, 5.41) is 9.19. The summed E-state index contributed by atoms with van der Waals surface area (Å²) in [6, 6.07) is 7.42. The summed E-state index contributed by atoms with van der Waals surface area (Å²) >= 11 is 1.52.